The van der Waals surface area contributed by atoms with Crippen LogP contribution in [0.2, 0.25) is 0 Å². The van der Waals surface area contributed by atoms with Crippen molar-refractivity contribution in [2.24, 2.45) is 0 Å². The zero-order valence-corrected chi connectivity index (χ0v) is 12.4. The number of aromatic nitrogens is 5. The van der Waals surface area contributed by atoms with Gasteiger partial charge in [0.15, 0.2) is 0 Å². The zero-order valence-electron chi connectivity index (χ0n) is 11.6. The van der Waals surface area contributed by atoms with Gasteiger partial charge in [-0.1, -0.05) is 11.4 Å². The smallest absolute Gasteiger partial charge is 0.138 e. The van der Waals surface area contributed by atoms with Crippen molar-refractivity contribution in [3.05, 3.63) is 23.2 Å². The molecule has 1 atom stereocenters. The summed E-state index contributed by atoms with van der Waals surface area (Å²) in [4.78, 5) is 4.36. The van der Waals surface area contributed by atoms with Gasteiger partial charge in [-0.3, -0.25) is 0 Å². The Bertz CT molecular complexity index is 478. The first-order valence-electron chi connectivity index (χ1n) is 6.61. The van der Waals surface area contributed by atoms with Crippen molar-refractivity contribution in [1.29, 1.82) is 0 Å². The summed E-state index contributed by atoms with van der Waals surface area (Å²) in [6.07, 6.45) is 3.49. The molecule has 1 N–H and O–H groups in total. The van der Waals surface area contributed by atoms with Crippen LogP contribution in [0.25, 0.3) is 0 Å². The van der Waals surface area contributed by atoms with Crippen molar-refractivity contribution in [3.8, 4) is 0 Å². The van der Waals surface area contributed by atoms with Crippen LogP contribution in [0, 0.1) is 0 Å². The van der Waals surface area contributed by atoms with Crippen molar-refractivity contribution in [1.82, 2.24) is 29.7 Å². The van der Waals surface area contributed by atoms with Gasteiger partial charge < -0.3 is 5.32 Å². The molecule has 0 saturated heterocycles. The lowest BCUT2D eigenvalue weighted by atomic mass is 10.1. The molecule has 7 heteroatoms. The van der Waals surface area contributed by atoms with Crippen LogP contribution in [0.4, 0.5) is 0 Å². The van der Waals surface area contributed by atoms with Crippen LogP contribution in [0.5, 0.6) is 0 Å². The number of hydrogen-bond acceptors (Lipinski definition) is 6. The molecule has 0 amide bonds. The van der Waals surface area contributed by atoms with E-state index in [2.05, 4.69) is 45.8 Å². The van der Waals surface area contributed by atoms with Crippen LogP contribution >= 0.6 is 11.5 Å². The molecule has 0 radical (unpaired) electrons. The lowest BCUT2D eigenvalue weighted by molar-refractivity contribution is 0.458. The fourth-order valence-electron chi connectivity index (χ4n) is 1.96. The lowest BCUT2D eigenvalue weighted by Crippen LogP contribution is -2.26. The van der Waals surface area contributed by atoms with Crippen molar-refractivity contribution >= 4 is 11.5 Å². The van der Waals surface area contributed by atoms with Crippen molar-refractivity contribution in [2.45, 2.75) is 45.7 Å². The third-order valence-corrected chi connectivity index (χ3v) is 3.42. The van der Waals surface area contributed by atoms with E-state index in [4.69, 9.17) is 0 Å². The quantitative estimate of drug-likeness (QED) is 0.840. The van der Waals surface area contributed by atoms with E-state index in [1.165, 1.54) is 11.5 Å². The molecule has 0 aliphatic rings. The van der Waals surface area contributed by atoms with Crippen LogP contribution in [-0.4, -0.2) is 30.9 Å². The fourth-order valence-corrected chi connectivity index (χ4v) is 2.47. The number of nitrogens with zero attached hydrogens (tertiary/aromatic N) is 5. The number of rotatable bonds is 7. The van der Waals surface area contributed by atoms with Crippen LogP contribution in [0.15, 0.2) is 11.7 Å². The van der Waals surface area contributed by atoms with E-state index in [0.29, 0.717) is 6.04 Å². The SMILES string of the molecule is CCCNC(Cc1ncnn1C(C)C)c1csnn1. The van der Waals surface area contributed by atoms with E-state index in [1.807, 2.05) is 10.1 Å². The van der Waals surface area contributed by atoms with Crippen LogP contribution in [-0.2, 0) is 6.42 Å². The summed E-state index contributed by atoms with van der Waals surface area (Å²) in [5, 5.41) is 13.9. The molecule has 1 unspecified atom stereocenters. The summed E-state index contributed by atoms with van der Waals surface area (Å²) in [5.41, 5.74) is 0.983. The van der Waals surface area contributed by atoms with Crippen molar-refractivity contribution < 1.29 is 0 Å². The summed E-state index contributed by atoms with van der Waals surface area (Å²) < 4.78 is 5.91. The van der Waals surface area contributed by atoms with Gasteiger partial charge >= 0.3 is 0 Å². The minimum absolute atomic E-state index is 0.153. The normalized spacial score (nSPS) is 13.1. The molecule has 19 heavy (non-hydrogen) atoms. The second-order valence-corrected chi connectivity index (χ2v) is 5.37. The molecular formula is C12H20N6S. The van der Waals surface area contributed by atoms with Gasteiger partial charge in [-0.2, -0.15) is 5.10 Å². The van der Waals surface area contributed by atoms with Gasteiger partial charge in [-0.25, -0.2) is 9.67 Å². The topological polar surface area (TPSA) is 68.5 Å². The fraction of sp³-hybridized carbons (Fsp3) is 0.667. The molecule has 2 aromatic rings. The zero-order chi connectivity index (χ0) is 13.7. The molecule has 0 spiro atoms. The second kappa shape index (κ2) is 6.72. The molecule has 0 fully saturated rings. The van der Waals surface area contributed by atoms with E-state index in [9.17, 15) is 0 Å². The standard InChI is InChI=1S/C12H20N6S/c1-4-5-13-10(11-7-19-17-16-11)6-12-14-8-15-18(12)9(2)3/h7-10,13H,4-6H2,1-3H3. The van der Waals surface area contributed by atoms with Crippen LogP contribution < -0.4 is 5.32 Å². The molecule has 104 valence electrons. The molecule has 0 aliphatic heterocycles. The Morgan fingerprint density at radius 2 is 2.26 bits per heavy atom. The molecule has 2 heterocycles. The predicted molar refractivity (Wildman–Crippen MR) is 75.1 cm³/mol. The first-order valence-corrected chi connectivity index (χ1v) is 7.44. The van der Waals surface area contributed by atoms with E-state index >= 15 is 0 Å². The van der Waals surface area contributed by atoms with Crippen LogP contribution in [0.3, 0.4) is 0 Å². The average Bonchev–Trinajstić information content (AvgIpc) is 3.04. The molecule has 0 bridgehead atoms. The van der Waals surface area contributed by atoms with E-state index < -0.39 is 0 Å². The minimum atomic E-state index is 0.153. The number of nitrogens with one attached hydrogen (secondary N) is 1. The van der Waals surface area contributed by atoms with E-state index in [-0.39, 0.29) is 6.04 Å². The Morgan fingerprint density at radius 3 is 2.89 bits per heavy atom. The maximum absolute atomic E-state index is 4.36. The maximum atomic E-state index is 4.36. The summed E-state index contributed by atoms with van der Waals surface area (Å²) >= 11 is 1.38. The van der Waals surface area contributed by atoms with Gasteiger partial charge in [0.1, 0.15) is 12.2 Å². The van der Waals surface area contributed by atoms with Gasteiger partial charge in [0.05, 0.1) is 11.7 Å². The Kier molecular flexibility index (Phi) is 4.98. The Hall–Kier alpha value is -1.34. The average molecular weight is 280 g/mol. The summed E-state index contributed by atoms with van der Waals surface area (Å²) in [5.74, 6) is 0.983. The van der Waals surface area contributed by atoms with Gasteiger partial charge in [0.25, 0.3) is 0 Å². The largest absolute Gasteiger partial charge is 0.308 e. The van der Waals surface area contributed by atoms with Crippen molar-refractivity contribution in [3.63, 3.8) is 0 Å². The first kappa shape index (κ1) is 14.1. The molecule has 2 aromatic heterocycles. The summed E-state index contributed by atoms with van der Waals surface area (Å²) in [6.45, 7) is 7.33. The molecule has 0 aliphatic carbocycles. The second-order valence-electron chi connectivity index (χ2n) is 4.76. The van der Waals surface area contributed by atoms with Gasteiger partial charge in [-0.05, 0) is 38.3 Å². The molecule has 0 aromatic carbocycles. The summed E-state index contributed by atoms with van der Waals surface area (Å²) in [7, 11) is 0. The van der Waals surface area contributed by atoms with Crippen LogP contribution in [0.1, 0.15) is 50.8 Å². The first-order chi connectivity index (χ1) is 9.22. The highest BCUT2D eigenvalue weighted by Crippen LogP contribution is 2.17. The van der Waals surface area contributed by atoms with E-state index in [0.717, 1.165) is 30.9 Å². The number of hydrogen-bond donors (Lipinski definition) is 1. The molecule has 6 nitrogen and oxygen atoms in total. The van der Waals surface area contributed by atoms with Gasteiger partial charge in [0, 0.05) is 17.8 Å². The van der Waals surface area contributed by atoms with Crippen molar-refractivity contribution in [2.75, 3.05) is 6.54 Å². The van der Waals surface area contributed by atoms with E-state index in [1.54, 1.807) is 6.33 Å². The predicted octanol–water partition coefficient (Wildman–Crippen LogP) is 1.99. The van der Waals surface area contributed by atoms with Gasteiger partial charge in [0.2, 0.25) is 0 Å². The molecule has 0 saturated carbocycles. The maximum Gasteiger partial charge on any atom is 0.138 e. The highest BCUT2D eigenvalue weighted by Gasteiger charge is 2.18. The summed E-state index contributed by atoms with van der Waals surface area (Å²) in [6, 6.07) is 0.471. The highest BCUT2D eigenvalue weighted by molar-refractivity contribution is 7.03. The lowest BCUT2D eigenvalue weighted by Gasteiger charge is -2.17. The third kappa shape index (κ3) is 3.57. The third-order valence-electron chi connectivity index (χ3n) is 2.90. The monoisotopic (exact) mass is 280 g/mol. The van der Waals surface area contributed by atoms with Gasteiger partial charge in [-0.15, -0.1) is 5.10 Å². The highest BCUT2D eigenvalue weighted by atomic mass is 32.1. The Labute approximate surface area is 117 Å². The Morgan fingerprint density at radius 1 is 1.42 bits per heavy atom. The molecular weight excluding hydrogens is 260 g/mol. The minimum Gasteiger partial charge on any atom is -0.308 e. The Balaban J connectivity index is 2.13. The molecule has 2 rings (SSSR count).